The molecule has 0 bridgehead atoms. The van der Waals surface area contributed by atoms with E-state index in [1.54, 1.807) is 12.1 Å². The van der Waals surface area contributed by atoms with Crippen molar-refractivity contribution >= 4 is 11.7 Å². The van der Waals surface area contributed by atoms with E-state index >= 15 is 0 Å². The van der Waals surface area contributed by atoms with E-state index in [1.807, 2.05) is 18.2 Å². The van der Waals surface area contributed by atoms with Gasteiger partial charge in [-0.2, -0.15) is 0 Å². The lowest BCUT2D eigenvalue weighted by molar-refractivity contribution is 0.0516. The van der Waals surface area contributed by atoms with Crippen LogP contribution in [0.2, 0.25) is 0 Å². The largest absolute Gasteiger partial charge is 0.365 e. The number of nitrogens with zero attached hydrogens (tertiary/aromatic N) is 1. The van der Waals surface area contributed by atoms with Crippen molar-refractivity contribution in [3.63, 3.8) is 0 Å². The highest BCUT2D eigenvalue weighted by Crippen LogP contribution is 2.34. The van der Waals surface area contributed by atoms with E-state index in [0.29, 0.717) is 11.5 Å². The first-order chi connectivity index (χ1) is 9.74. The van der Waals surface area contributed by atoms with Gasteiger partial charge in [0.15, 0.2) is 0 Å². The molecule has 1 atom stereocenters. The molecular weight excluding hydrogens is 250 g/mol. The lowest BCUT2D eigenvalue weighted by Gasteiger charge is -2.13. The second-order valence-electron chi connectivity index (χ2n) is 5.31. The van der Waals surface area contributed by atoms with Gasteiger partial charge in [-0.1, -0.05) is 42.4 Å². The molecule has 102 valence electrons. The van der Waals surface area contributed by atoms with Crippen molar-refractivity contribution < 1.29 is 9.63 Å². The Morgan fingerprint density at radius 2 is 2.05 bits per heavy atom. The van der Waals surface area contributed by atoms with E-state index in [0.717, 1.165) is 25.0 Å². The summed E-state index contributed by atoms with van der Waals surface area (Å²) in [4.78, 5) is 16.9. The molecule has 1 aromatic carbocycles. The Labute approximate surface area is 118 Å². The first-order valence-electron chi connectivity index (χ1n) is 6.99. The molecule has 0 aliphatic heterocycles. The number of oxime groups is 1. The Hall–Kier alpha value is -2.16. The van der Waals surface area contributed by atoms with Gasteiger partial charge in [0.2, 0.25) is 0 Å². The van der Waals surface area contributed by atoms with Crippen molar-refractivity contribution in [2.75, 3.05) is 0 Å². The molecule has 0 unspecified atom stereocenters. The van der Waals surface area contributed by atoms with Gasteiger partial charge < -0.3 is 4.84 Å². The maximum Gasteiger partial charge on any atom is 0.365 e. The molecule has 0 radical (unpaired) electrons. The summed E-state index contributed by atoms with van der Waals surface area (Å²) in [5.41, 5.74) is 3.94. The van der Waals surface area contributed by atoms with Gasteiger partial charge in [0.1, 0.15) is 0 Å². The van der Waals surface area contributed by atoms with Gasteiger partial charge in [0.05, 0.1) is 11.3 Å². The summed E-state index contributed by atoms with van der Waals surface area (Å²) < 4.78 is 0. The van der Waals surface area contributed by atoms with Crippen LogP contribution in [0.3, 0.4) is 0 Å². The van der Waals surface area contributed by atoms with Crippen molar-refractivity contribution in [2.45, 2.75) is 26.2 Å². The fourth-order valence-corrected chi connectivity index (χ4v) is 2.62. The Kier molecular flexibility index (Phi) is 3.50. The second-order valence-corrected chi connectivity index (χ2v) is 5.31. The molecule has 1 fully saturated rings. The topological polar surface area (TPSA) is 38.7 Å². The zero-order valence-corrected chi connectivity index (χ0v) is 11.5. The molecule has 0 amide bonds. The minimum Gasteiger partial charge on any atom is -0.313 e. The van der Waals surface area contributed by atoms with Crippen LogP contribution in [-0.4, -0.2) is 11.7 Å². The van der Waals surface area contributed by atoms with E-state index < -0.39 is 5.97 Å². The van der Waals surface area contributed by atoms with Crippen molar-refractivity contribution in [3.05, 3.63) is 59.2 Å². The van der Waals surface area contributed by atoms with Gasteiger partial charge in [0, 0.05) is 0 Å². The summed E-state index contributed by atoms with van der Waals surface area (Å²) in [5.74, 6) is 0.127. The normalized spacial score (nSPS) is 23.1. The summed E-state index contributed by atoms with van der Waals surface area (Å²) in [6.07, 6.45) is 7.46. The third kappa shape index (κ3) is 2.57. The third-order valence-corrected chi connectivity index (χ3v) is 3.72. The van der Waals surface area contributed by atoms with E-state index in [9.17, 15) is 4.79 Å². The molecule has 0 aromatic heterocycles. The fourth-order valence-electron chi connectivity index (χ4n) is 2.62. The first-order valence-corrected chi connectivity index (χ1v) is 6.99. The van der Waals surface area contributed by atoms with Crippen LogP contribution in [0.1, 0.15) is 36.5 Å². The van der Waals surface area contributed by atoms with Crippen LogP contribution in [0.5, 0.6) is 0 Å². The van der Waals surface area contributed by atoms with E-state index in [4.69, 9.17) is 4.84 Å². The quantitative estimate of drug-likeness (QED) is 0.602. The lowest BCUT2D eigenvalue weighted by Crippen LogP contribution is -2.06. The fraction of sp³-hybridized carbons (Fsp3) is 0.294. The number of hydrogen-bond donors (Lipinski definition) is 0. The van der Waals surface area contributed by atoms with Crippen LogP contribution in [0.25, 0.3) is 0 Å². The number of fused-ring (bicyclic) bond motifs is 1. The van der Waals surface area contributed by atoms with Crippen LogP contribution in [-0.2, 0) is 4.84 Å². The Morgan fingerprint density at radius 1 is 1.25 bits per heavy atom. The standard InChI is InChI=1S/C17H17NO2/c1-12-7-8-13-9-10-16(15(13)11-12)18-20-17(19)14-5-3-2-4-6-14/h2-6,8,11-12H,7,9-10H2,1H3/b18-16+/t12-/m1/s1. The van der Waals surface area contributed by atoms with E-state index in [2.05, 4.69) is 24.2 Å². The minimum absolute atomic E-state index is 0.403. The summed E-state index contributed by atoms with van der Waals surface area (Å²) in [6.45, 7) is 2.19. The van der Waals surface area contributed by atoms with E-state index in [1.165, 1.54) is 11.1 Å². The number of carbonyl (C=O) groups is 1. The van der Waals surface area contributed by atoms with Crippen LogP contribution < -0.4 is 0 Å². The van der Waals surface area contributed by atoms with Crippen molar-refractivity contribution in [1.82, 2.24) is 0 Å². The second kappa shape index (κ2) is 5.45. The van der Waals surface area contributed by atoms with Gasteiger partial charge in [-0.15, -0.1) is 0 Å². The molecule has 3 nitrogen and oxygen atoms in total. The maximum absolute atomic E-state index is 11.9. The first kappa shape index (κ1) is 12.9. The number of allylic oxidation sites excluding steroid dienone is 4. The zero-order valence-electron chi connectivity index (χ0n) is 11.5. The SMILES string of the molecule is C[C@H]1C=C2C(=CC1)CC/C2=N\OC(=O)c1ccccc1. The summed E-state index contributed by atoms with van der Waals surface area (Å²) >= 11 is 0. The smallest absolute Gasteiger partial charge is 0.313 e. The van der Waals surface area contributed by atoms with Crippen LogP contribution in [0.4, 0.5) is 0 Å². The maximum atomic E-state index is 11.9. The molecule has 0 heterocycles. The van der Waals surface area contributed by atoms with Crippen molar-refractivity contribution in [1.29, 1.82) is 0 Å². The van der Waals surface area contributed by atoms with Crippen LogP contribution >= 0.6 is 0 Å². The predicted octanol–water partition coefficient (Wildman–Crippen LogP) is 3.89. The number of rotatable bonds is 2. The minimum atomic E-state index is -0.403. The molecule has 0 spiro atoms. The highest BCUT2D eigenvalue weighted by molar-refractivity contribution is 6.07. The van der Waals surface area contributed by atoms with E-state index in [-0.39, 0.29) is 0 Å². The van der Waals surface area contributed by atoms with Crippen molar-refractivity contribution in [3.8, 4) is 0 Å². The summed E-state index contributed by atoms with van der Waals surface area (Å²) in [5, 5.41) is 4.08. The Morgan fingerprint density at radius 3 is 2.85 bits per heavy atom. The average molecular weight is 267 g/mol. The molecule has 3 heteroatoms. The van der Waals surface area contributed by atoms with Crippen LogP contribution in [0, 0.1) is 5.92 Å². The number of benzene rings is 1. The predicted molar refractivity (Wildman–Crippen MR) is 78.5 cm³/mol. The monoisotopic (exact) mass is 267 g/mol. The zero-order chi connectivity index (χ0) is 13.9. The summed E-state index contributed by atoms with van der Waals surface area (Å²) in [7, 11) is 0. The Bertz CT molecular complexity index is 611. The van der Waals surface area contributed by atoms with Gasteiger partial charge in [-0.3, -0.25) is 0 Å². The molecule has 0 saturated heterocycles. The molecule has 1 saturated carbocycles. The molecule has 20 heavy (non-hydrogen) atoms. The number of carbonyl (C=O) groups excluding carboxylic acids is 1. The Balaban J connectivity index is 1.74. The highest BCUT2D eigenvalue weighted by atomic mass is 16.7. The van der Waals surface area contributed by atoms with Gasteiger partial charge in [-0.05, 0) is 48.5 Å². The molecule has 2 aliphatic rings. The molecule has 2 aliphatic carbocycles. The van der Waals surface area contributed by atoms with Crippen LogP contribution in [0.15, 0.2) is 58.8 Å². The highest BCUT2D eigenvalue weighted by Gasteiger charge is 2.25. The summed E-state index contributed by atoms with van der Waals surface area (Å²) in [6, 6.07) is 8.94. The number of hydrogen-bond acceptors (Lipinski definition) is 3. The van der Waals surface area contributed by atoms with Crippen molar-refractivity contribution in [2.24, 2.45) is 11.1 Å². The third-order valence-electron chi connectivity index (χ3n) is 3.72. The average Bonchev–Trinajstić information content (AvgIpc) is 2.88. The van der Waals surface area contributed by atoms with Gasteiger partial charge in [0.25, 0.3) is 0 Å². The molecular formula is C17H17NO2. The van der Waals surface area contributed by atoms with Gasteiger partial charge in [-0.25, -0.2) is 4.79 Å². The molecule has 1 aromatic rings. The molecule has 3 rings (SSSR count). The van der Waals surface area contributed by atoms with Gasteiger partial charge >= 0.3 is 5.97 Å². The molecule has 0 N–H and O–H groups in total. The lowest BCUT2D eigenvalue weighted by atomic mass is 9.93.